The minimum atomic E-state index is -3.53. The first-order valence-corrected chi connectivity index (χ1v) is 8.29. The van der Waals surface area contributed by atoms with Gasteiger partial charge < -0.3 is 5.11 Å². The number of carbonyl (C=O) groups is 1. The monoisotopic (exact) mass is 297 g/mol. The molecular formula is C14H19NO4S. The molecule has 0 radical (unpaired) electrons. The van der Waals surface area contributed by atoms with Gasteiger partial charge >= 0.3 is 5.97 Å². The molecule has 1 N–H and O–H groups in total. The Bertz CT molecular complexity index is 570. The molecule has 2 unspecified atom stereocenters. The molecule has 1 aliphatic heterocycles. The minimum Gasteiger partial charge on any atom is -0.480 e. The molecule has 20 heavy (non-hydrogen) atoms. The molecular weight excluding hydrogens is 278 g/mol. The Balaban J connectivity index is 2.08. The summed E-state index contributed by atoms with van der Waals surface area (Å²) in [7, 11) is -3.53. The van der Waals surface area contributed by atoms with Gasteiger partial charge in [0, 0.05) is 6.54 Å². The molecule has 0 aliphatic carbocycles. The number of rotatable bonds is 5. The van der Waals surface area contributed by atoms with Crippen LogP contribution in [0.3, 0.4) is 0 Å². The summed E-state index contributed by atoms with van der Waals surface area (Å²) in [6.07, 6.45) is 1.00. The van der Waals surface area contributed by atoms with E-state index in [1.54, 1.807) is 6.92 Å². The summed E-state index contributed by atoms with van der Waals surface area (Å²) < 4.78 is 25.8. The Morgan fingerprint density at radius 1 is 1.35 bits per heavy atom. The summed E-state index contributed by atoms with van der Waals surface area (Å²) in [6, 6.07) is 8.42. The van der Waals surface area contributed by atoms with Gasteiger partial charge in [-0.05, 0) is 24.3 Å². The van der Waals surface area contributed by atoms with Gasteiger partial charge in [-0.3, -0.25) is 4.79 Å². The Morgan fingerprint density at radius 3 is 2.60 bits per heavy atom. The molecule has 110 valence electrons. The van der Waals surface area contributed by atoms with Crippen LogP contribution in [0.25, 0.3) is 0 Å². The van der Waals surface area contributed by atoms with E-state index in [2.05, 4.69) is 0 Å². The lowest BCUT2D eigenvalue weighted by Gasteiger charge is -2.22. The Labute approximate surface area is 119 Å². The zero-order valence-corrected chi connectivity index (χ0v) is 12.2. The standard InChI is InChI=1S/C14H19NO4S/c1-11-7-9-15(13(11)14(16)17)20(18,19)10-8-12-5-3-2-4-6-12/h2-6,11,13H,7-10H2,1H3,(H,16,17). The number of carboxylic acid groups (broad SMARTS) is 1. The van der Waals surface area contributed by atoms with E-state index in [4.69, 9.17) is 0 Å². The van der Waals surface area contributed by atoms with Gasteiger partial charge in [-0.1, -0.05) is 37.3 Å². The summed E-state index contributed by atoms with van der Waals surface area (Å²) >= 11 is 0. The minimum absolute atomic E-state index is 0.0481. The van der Waals surface area contributed by atoms with Crippen LogP contribution >= 0.6 is 0 Å². The van der Waals surface area contributed by atoms with Gasteiger partial charge in [0.2, 0.25) is 10.0 Å². The molecule has 1 saturated heterocycles. The van der Waals surface area contributed by atoms with Crippen molar-refractivity contribution in [3.8, 4) is 0 Å². The van der Waals surface area contributed by atoms with Crippen molar-refractivity contribution in [2.24, 2.45) is 5.92 Å². The fourth-order valence-electron chi connectivity index (χ4n) is 2.60. The molecule has 1 fully saturated rings. The number of aliphatic carboxylic acids is 1. The van der Waals surface area contributed by atoms with Crippen molar-refractivity contribution in [1.29, 1.82) is 0 Å². The van der Waals surface area contributed by atoms with E-state index in [1.807, 2.05) is 30.3 Å². The highest BCUT2D eigenvalue weighted by Gasteiger charge is 2.42. The van der Waals surface area contributed by atoms with Gasteiger partial charge in [-0.15, -0.1) is 0 Å². The maximum absolute atomic E-state index is 12.3. The smallest absolute Gasteiger partial charge is 0.322 e. The van der Waals surface area contributed by atoms with Gasteiger partial charge in [0.05, 0.1) is 5.75 Å². The van der Waals surface area contributed by atoms with Crippen molar-refractivity contribution in [1.82, 2.24) is 4.31 Å². The van der Waals surface area contributed by atoms with E-state index in [1.165, 1.54) is 0 Å². The number of nitrogens with zero attached hydrogens (tertiary/aromatic N) is 1. The maximum Gasteiger partial charge on any atom is 0.322 e. The third-order valence-electron chi connectivity index (χ3n) is 3.76. The zero-order chi connectivity index (χ0) is 14.8. The number of carboxylic acids is 1. The van der Waals surface area contributed by atoms with E-state index < -0.39 is 22.0 Å². The van der Waals surface area contributed by atoms with Crippen LogP contribution in [0.4, 0.5) is 0 Å². The third kappa shape index (κ3) is 3.19. The number of hydrogen-bond donors (Lipinski definition) is 1. The van der Waals surface area contributed by atoms with Crippen LogP contribution in [0.5, 0.6) is 0 Å². The molecule has 2 rings (SSSR count). The van der Waals surface area contributed by atoms with Gasteiger partial charge in [0.1, 0.15) is 6.04 Å². The fourth-order valence-corrected chi connectivity index (χ4v) is 4.35. The average Bonchev–Trinajstić information content (AvgIpc) is 2.81. The van der Waals surface area contributed by atoms with Crippen molar-refractivity contribution in [2.45, 2.75) is 25.8 Å². The van der Waals surface area contributed by atoms with Crippen molar-refractivity contribution >= 4 is 16.0 Å². The molecule has 0 aromatic heterocycles. The van der Waals surface area contributed by atoms with Crippen LogP contribution < -0.4 is 0 Å². The lowest BCUT2D eigenvalue weighted by Crippen LogP contribution is -2.43. The lowest BCUT2D eigenvalue weighted by molar-refractivity contribution is -0.141. The predicted molar refractivity (Wildman–Crippen MR) is 75.8 cm³/mol. The zero-order valence-electron chi connectivity index (χ0n) is 11.4. The quantitative estimate of drug-likeness (QED) is 0.890. The number of sulfonamides is 1. The first kappa shape index (κ1) is 15.0. The number of aryl methyl sites for hydroxylation is 1. The Morgan fingerprint density at radius 2 is 2.00 bits per heavy atom. The first-order valence-electron chi connectivity index (χ1n) is 6.68. The molecule has 2 atom stereocenters. The van der Waals surface area contributed by atoms with Crippen molar-refractivity contribution in [3.63, 3.8) is 0 Å². The number of benzene rings is 1. The lowest BCUT2D eigenvalue weighted by atomic mass is 10.0. The van der Waals surface area contributed by atoms with Crippen molar-refractivity contribution in [3.05, 3.63) is 35.9 Å². The summed E-state index contributed by atoms with van der Waals surface area (Å²) in [5.74, 6) is -1.25. The van der Waals surface area contributed by atoms with E-state index in [9.17, 15) is 18.3 Å². The van der Waals surface area contributed by atoms with Crippen LogP contribution in [0, 0.1) is 5.92 Å². The molecule has 1 aromatic rings. The number of hydrogen-bond acceptors (Lipinski definition) is 3. The second-order valence-corrected chi connectivity index (χ2v) is 7.25. The van der Waals surface area contributed by atoms with Gasteiger partial charge in [0.15, 0.2) is 0 Å². The second kappa shape index (κ2) is 5.93. The SMILES string of the molecule is CC1CCN(S(=O)(=O)CCc2ccccc2)C1C(=O)O. The summed E-state index contributed by atoms with van der Waals surface area (Å²) in [5, 5.41) is 9.20. The molecule has 1 aromatic carbocycles. The highest BCUT2D eigenvalue weighted by molar-refractivity contribution is 7.89. The summed E-state index contributed by atoms with van der Waals surface area (Å²) in [6.45, 7) is 2.08. The van der Waals surface area contributed by atoms with Gasteiger partial charge in [-0.25, -0.2) is 8.42 Å². The van der Waals surface area contributed by atoms with Crippen LogP contribution in [0.2, 0.25) is 0 Å². The molecule has 0 amide bonds. The molecule has 0 saturated carbocycles. The van der Waals surface area contributed by atoms with Gasteiger partial charge in [-0.2, -0.15) is 4.31 Å². The molecule has 1 aliphatic rings. The van der Waals surface area contributed by atoms with Crippen molar-refractivity contribution in [2.75, 3.05) is 12.3 Å². The van der Waals surface area contributed by atoms with E-state index in [0.29, 0.717) is 19.4 Å². The van der Waals surface area contributed by atoms with E-state index >= 15 is 0 Å². The third-order valence-corrected chi connectivity index (χ3v) is 5.60. The van der Waals surface area contributed by atoms with Crippen LogP contribution in [-0.2, 0) is 21.2 Å². The summed E-state index contributed by atoms with van der Waals surface area (Å²) in [4.78, 5) is 11.2. The second-order valence-electron chi connectivity index (χ2n) is 5.21. The largest absolute Gasteiger partial charge is 0.480 e. The highest BCUT2D eigenvalue weighted by atomic mass is 32.2. The predicted octanol–water partition coefficient (Wildman–Crippen LogP) is 1.35. The van der Waals surface area contributed by atoms with E-state index in [0.717, 1.165) is 9.87 Å². The van der Waals surface area contributed by atoms with E-state index in [-0.39, 0.29) is 11.7 Å². The molecule has 6 heteroatoms. The maximum atomic E-state index is 12.3. The highest BCUT2D eigenvalue weighted by Crippen LogP contribution is 2.27. The topological polar surface area (TPSA) is 74.7 Å². The Kier molecular flexibility index (Phi) is 4.45. The van der Waals surface area contributed by atoms with Crippen LogP contribution in [-0.4, -0.2) is 42.1 Å². The molecule has 0 bridgehead atoms. The van der Waals surface area contributed by atoms with Gasteiger partial charge in [0.25, 0.3) is 0 Å². The molecule has 0 spiro atoms. The first-order chi connectivity index (χ1) is 9.42. The van der Waals surface area contributed by atoms with Crippen molar-refractivity contribution < 1.29 is 18.3 Å². The molecule has 1 heterocycles. The summed E-state index contributed by atoms with van der Waals surface area (Å²) in [5.41, 5.74) is 0.940. The molecule has 5 nitrogen and oxygen atoms in total. The average molecular weight is 297 g/mol. The fraction of sp³-hybridized carbons (Fsp3) is 0.500. The normalized spacial score (nSPS) is 23.9. The van der Waals surface area contributed by atoms with Crippen LogP contribution in [0.15, 0.2) is 30.3 Å². The van der Waals surface area contributed by atoms with Crippen LogP contribution in [0.1, 0.15) is 18.9 Å². The Hall–Kier alpha value is -1.40.